The number of nitrogen functional groups attached to an aromatic ring is 1. The lowest BCUT2D eigenvalue weighted by Gasteiger charge is -2.16. The van der Waals surface area contributed by atoms with Crippen molar-refractivity contribution in [1.29, 1.82) is 0 Å². The highest BCUT2D eigenvalue weighted by atomic mass is 35.5. The van der Waals surface area contributed by atoms with Gasteiger partial charge in [-0.2, -0.15) is 0 Å². The quantitative estimate of drug-likeness (QED) is 0.464. The monoisotopic (exact) mass is 439 g/mol. The average Bonchev–Trinajstić information content (AvgIpc) is 2.68. The molecule has 0 bridgehead atoms. The minimum Gasteiger partial charge on any atom is -0.495 e. The van der Waals surface area contributed by atoms with Crippen molar-refractivity contribution in [3.8, 4) is 11.5 Å². The summed E-state index contributed by atoms with van der Waals surface area (Å²) in [5, 5.41) is 7.33. The summed E-state index contributed by atoms with van der Waals surface area (Å²) in [6.45, 7) is 0. The van der Waals surface area contributed by atoms with Crippen molar-refractivity contribution in [3.63, 3.8) is 0 Å². The summed E-state index contributed by atoms with van der Waals surface area (Å²) in [7, 11) is 3.06. The maximum Gasteiger partial charge on any atom is 0.159 e. The second-order valence-corrected chi connectivity index (χ2v) is 6.72. The molecule has 10 heteroatoms. The molecular weight excluding hydrogens is 425 g/mol. The predicted molar refractivity (Wildman–Crippen MR) is 114 cm³/mol. The lowest BCUT2D eigenvalue weighted by Crippen LogP contribution is -2.06. The highest BCUT2D eigenvalue weighted by Gasteiger charge is 2.15. The van der Waals surface area contributed by atoms with Crippen LogP contribution in [-0.2, 0) is 0 Å². The SMILES string of the molecule is COc1cc(OC)c(Nc2ncnc(Nc3cccc(Cl)c3Cl)c2N)cc1Cl. The van der Waals surface area contributed by atoms with Gasteiger partial charge in [0.2, 0.25) is 0 Å². The van der Waals surface area contributed by atoms with E-state index in [0.29, 0.717) is 49.6 Å². The van der Waals surface area contributed by atoms with Gasteiger partial charge in [0, 0.05) is 6.07 Å². The molecule has 1 heterocycles. The molecule has 1 aromatic heterocycles. The highest BCUT2D eigenvalue weighted by molar-refractivity contribution is 6.43. The first-order valence-corrected chi connectivity index (χ1v) is 9.08. The van der Waals surface area contributed by atoms with Crippen LogP contribution >= 0.6 is 34.8 Å². The van der Waals surface area contributed by atoms with Crippen LogP contribution in [0.3, 0.4) is 0 Å². The first kappa shape index (κ1) is 20.1. The van der Waals surface area contributed by atoms with Crippen molar-refractivity contribution < 1.29 is 9.47 Å². The maximum atomic E-state index is 6.23. The largest absolute Gasteiger partial charge is 0.495 e. The van der Waals surface area contributed by atoms with Gasteiger partial charge < -0.3 is 25.8 Å². The van der Waals surface area contributed by atoms with E-state index in [1.54, 1.807) is 30.3 Å². The zero-order valence-electron chi connectivity index (χ0n) is 14.9. The van der Waals surface area contributed by atoms with Crippen LogP contribution in [0.25, 0.3) is 0 Å². The van der Waals surface area contributed by atoms with Crippen molar-refractivity contribution >= 4 is 63.5 Å². The number of methoxy groups -OCH3 is 2. The van der Waals surface area contributed by atoms with E-state index in [1.165, 1.54) is 20.5 Å². The fraction of sp³-hybridized carbons (Fsp3) is 0.111. The highest BCUT2D eigenvalue weighted by Crippen LogP contribution is 2.39. The molecule has 0 saturated carbocycles. The molecule has 7 nitrogen and oxygen atoms in total. The summed E-state index contributed by atoms with van der Waals surface area (Å²) >= 11 is 18.5. The topological polar surface area (TPSA) is 94.3 Å². The molecular formula is C18H16Cl3N5O2. The summed E-state index contributed by atoms with van der Waals surface area (Å²) in [4.78, 5) is 8.36. The number of nitrogens with one attached hydrogen (secondary N) is 2. The van der Waals surface area contributed by atoms with Crippen LogP contribution in [0.2, 0.25) is 15.1 Å². The Balaban J connectivity index is 1.94. The Kier molecular flexibility index (Phi) is 6.18. The molecule has 0 aliphatic heterocycles. The Morgan fingerprint density at radius 3 is 2.14 bits per heavy atom. The van der Waals surface area contributed by atoms with E-state index in [2.05, 4.69) is 20.6 Å². The van der Waals surface area contributed by atoms with Crippen molar-refractivity contribution in [1.82, 2.24) is 9.97 Å². The Morgan fingerprint density at radius 1 is 0.857 bits per heavy atom. The second kappa shape index (κ2) is 8.60. The van der Waals surface area contributed by atoms with Crippen molar-refractivity contribution in [3.05, 3.63) is 51.7 Å². The van der Waals surface area contributed by atoms with Gasteiger partial charge >= 0.3 is 0 Å². The number of anilines is 5. The molecule has 3 rings (SSSR count). The third kappa shape index (κ3) is 4.11. The van der Waals surface area contributed by atoms with E-state index in [9.17, 15) is 0 Å². The van der Waals surface area contributed by atoms with Gasteiger partial charge in [-0.25, -0.2) is 9.97 Å². The third-order valence-electron chi connectivity index (χ3n) is 3.82. The van der Waals surface area contributed by atoms with Crippen LogP contribution in [0.4, 0.5) is 28.7 Å². The molecule has 0 atom stereocenters. The predicted octanol–water partition coefficient (Wildman–Crippen LogP) is 5.52. The Hall–Kier alpha value is -2.61. The molecule has 0 amide bonds. The zero-order chi connectivity index (χ0) is 20.3. The summed E-state index contributed by atoms with van der Waals surface area (Å²) in [6, 6.07) is 8.52. The van der Waals surface area contributed by atoms with Crippen molar-refractivity contribution in [2.24, 2.45) is 0 Å². The van der Waals surface area contributed by atoms with Crippen molar-refractivity contribution in [2.75, 3.05) is 30.6 Å². The Morgan fingerprint density at radius 2 is 1.50 bits per heavy atom. The molecule has 0 radical (unpaired) electrons. The standard InChI is InChI=1S/C18H16Cl3N5O2/c1-27-13-7-14(28-2)12(6-10(13)20)26-18-16(22)17(23-8-24-18)25-11-5-3-4-9(19)15(11)21/h3-8H,22H2,1-2H3,(H2,23,24,25,26). The molecule has 28 heavy (non-hydrogen) atoms. The normalized spacial score (nSPS) is 10.5. The van der Waals surface area contributed by atoms with Crippen LogP contribution < -0.4 is 25.8 Å². The second-order valence-electron chi connectivity index (χ2n) is 5.52. The third-order valence-corrected chi connectivity index (χ3v) is 4.93. The molecule has 3 aromatic rings. The molecule has 146 valence electrons. The van der Waals surface area contributed by atoms with E-state index in [1.807, 2.05) is 0 Å². The van der Waals surface area contributed by atoms with Gasteiger partial charge in [0.25, 0.3) is 0 Å². The summed E-state index contributed by atoms with van der Waals surface area (Å²) in [5.41, 5.74) is 7.63. The minimum absolute atomic E-state index is 0.271. The average molecular weight is 441 g/mol. The summed E-state index contributed by atoms with van der Waals surface area (Å²) in [6.07, 6.45) is 1.36. The van der Waals surface area contributed by atoms with Gasteiger partial charge in [-0.15, -0.1) is 0 Å². The fourth-order valence-electron chi connectivity index (χ4n) is 2.41. The lowest BCUT2D eigenvalue weighted by molar-refractivity contribution is 0.396. The number of rotatable bonds is 6. The van der Waals surface area contributed by atoms with Crippen molar-refractivity contribution in [2.45, 2.75) is 0 Å². The zero-order valence-corrected chi connectivity index (χ0v) is 17.2. The fourth-order valence-corrected chi connectivity index (χ4v) is 3.00. The van der Waals surface area contributed by atoms with Gasteiger partial charge in [0.15, 0.2) is 11.6 Å². The first-order valence-electron chi connectivity index (χ1n) is 7.94. The van der Waals surface area contributed by atoms with Gasteiger partial charge in [-0.1, -0.05) is 40.9 Å². The van der Waals surface area contributed by atoms with Gasteiger partial charge in [0.1, 0.15) is 23.5 Å². The molecule has 2 aromatic carbocycles. The van der Waals surface area contributed by atoms with E-state index < -0.39 is 0 Å². The maximum absolute atomic E-state index is 6.23. The van der Waals surface area contributed by atoms with Gasteiger partial charge in [0.05, 0.1) is 40.7 Å². The van der Waals surface area contributed by atoms with E-state index >= 15 is 0 Å². The molecule has 0 spiro atoms. The Bertz CT molecular complexity index is 1020. The number of hydrogen-bond donors (Lipinski definition) is 3. The number of benzene rings is 2. The van der Waals surface area contributed by atoms with Crippen LogP contribution in [0, 0.1) is 0 Å². The smallest absolute Gasteiger partial charge is 0.159 e. The Labute approximate surface area is 176 Å². The number of ether oxygens (including phenoxy) is 2. The van der Waals surface area contributed by atoms with E-state index in [-0.39, 0.29) is 5.69 Å². The number of halogens is 3. The molecule has 0 saturated heterocycles. The summed E-state index contributed by atoms with van der Waals surface area (Å²) in [5.74, 6) is 1.71. The molecule has 0 aliphatic carbocycles. The molecule has 0 unspecified atom stereocenters. The van der Waals surface area contributed by atoms with Gasteiger partial charge in [-0.05, 0) is 18.2 Å². The van der Waals surface area contributed by atoms with Crippen LogP contribution in [-0.4, -0.2) is 24.2 Å². The number of aromatic nitrogens is 2. The molecule has 0 aliphatic rings. The van der Waals surface area contributed by atoms with Crippen LogP contribution in [0.5, 0.6) is 11.5 Å². The first-order chi connectivity index (χ1) is 13.4. The van der Waals surface area contributed by atoms with E-state index in [0.717, 1.165) is 0 Å². The number of hydrogen-bond acceptors (Lipinski definition) is 7. The van der Waals surface area contributed by atoms with Crippen LogP contribution in [0.1, 0.15) is 0 Å². The number of nitrogens with zero attached hydrogens (tertiary/aromatic N) is 2. The van der Waals surface area contributed by atoms with E-state index in [4.69, 9.17) is 50.0 Å². The summed E-state index contributed by atoms with van der Waals surface area (Å²) < 4.78 is 10.6. The van der Waals surface area contributed by atoms with Crippen LogP contribution in [0.15, 0.2) is 36.7 Å². The molecule has 0 fully saturated rings. The van der Waals surface area contributed by atoms with Gasteiger partial charge in [-0.3, -0.25) is 0 Å². The number of nitrogens with two attached hydrogens (primary N) is 1. The lowest BCUT2D eigenvalue weighted by atomic mass is 10.2. The molecule has 4 N–H and O–H groups in total. The minimum atomic E-state index is 0.271.